The highest BCUT2D eigenvalue weighted by atomic mass is 32.1. The molecule has 2 heterocycles. The van der Waals surface area contributed by atoms with E-state index in [0.717, 1.165) is 14.6 Å². The molecule has 0 aliphatic rings. The molecule has 0 unspecified atom stereocenters. The minimum atomic E-state index is -0.864. The van der Waals surface area contributed by atoms with Gasteiger partial charge in [0.15, 0.2) is 0 Å². The number of thiophene rings is 2. The molecule has 0 radical (unpaired) electrons. The normalized spacial score (nSPS) is 11.6. The fourth-order valence-corrected chi connectivity index (χ4v) is 3.17. The number of carbonyl (C=O) groups is 1. The molecule has 0 aliphatic heterocycles. The molecule has 0 saturated heterocycles. The van der Waals surface area contributed by atoms with Gasteiger partial charge < -0.3 is 10.3 Å². The zero-order chi connectivity index (χ0) is 12.3. The van der Waals surface area contributed by atoms with Gasteiger partial charge in [0.2, 0.25) is 0 Å². The van der Waals surface area contributed by atoms with Crippen LogP contribution in [-0.2, 0) is 11.2 Å². The molecule has 17 heavy (non-hydrogen) atoms. The number of aliphatic carboxylic acids is 1. The third-order valence-corrected chi connectivity index (χ3v) is 4.04. The Kier molecular flexibility index (Phi) is 3.55. The number of carboxylic acids is 1. The second-order valence-corrected chi connectivity index (χ2v) is 5.38. The van der Waals surface area contributed by atoms with Crippen LogP contribution in [0, 0.1) is 0 Å². The van der Waals surface area contributed by atoms with Crippen LogP contribution in [0.2, 0.25) is 0 Å². The van der Waals surface area contributed by atoms with E-state index in [1.165, 1.54) is 22.7 Å². The van der Waals surface area contributed by atoms with Gasteiger partial charge in [0.05, 0.1) is 16.2 Å². The summed E-state index contributed by atoms with van der Waals surface area (Å²) in [6.45, 7) is 0. The van der Waals surface area contributed by atoms with Crippen LogP contribution < -0.4 is 0 Å². The van der Waals surface area contributed by atoms with Gasteiger partial charge in [0.25, 0.3) is 0 Å². The van der Waals surface area contributed by atoms with Crippen LogP contribution in [0.25, 0.3) is 0 Å². The Morgan fingerprint density at radius 2 is 2.12 bits per heavy atom. The van der Waals surface area contributed by atoms with Gasteiger partial charge >= 0.3 is 5.97 Å². The molecule has 0 atom stereocenters. The van der Waals surface area contributed by atoms with Crippen molar-refractivity contribution in [2.45, 2.75) is 6.42 Å². The fourth-order valence-electron chi connectivity index (χ4n) is 1.38. The van der Waals surface area contributed by atoms with Crippen molar-refractivity contribution in [3.05, 3.63) is 44.3 Å². The first-order chi connectivity index (χ1) is 8.20. The molecule has 0 aromatic carbocycles. The summed E-state index contributed by atoms with van der Waals surface area (Å²) in [5.74, 6) is -0.864. The maximum absolute atomic E-state index is 10.6. The zero-order valence-electron chi connectivity index (χ0n) is 8.66. The SMILES string of the molecule is O=C(O)Cc1ccc(C(=NO)c2cccs2)s1. The summed E-state index contributed by atoms with van der Waals surface area (Å²) in [5.41, 5.74) is 0.488. The molecular weight excluding hydrogens is 258 g/mol. The van der Waals surface area contributed by atoms with Gasteiger partial charge in [-0.3, -0.25) is 4.79 Å². The van der Waals surface area contributed by atoms with E-state index < -0.39 is 5.97 Å². The number of oxime groups is 1. The Labute approximate surface area is 105 Å². The minimum Gasteiger partial charge on any atom is -0.481 e. The number of nitrogens with zero attached hydrogens (tertiary/aromatic N) is 1. The van der Waals surface area contributed by atoms with Crippen LogP contribution in [0.5, 0.6) is 0 Å². The van der Waals surface area contributed by atoms with E-state index in [9.17, 15) is 4.79 Å². The van der Waals surface area contributed by atoms with Crippen LogP contribution >= 0.6 is 22.7 Å². The summed E-state index contributed by atoms with van der Waals surface area (Å²) in [6.07, 6.45) is -0.00614. The number of rotatable bonds is 4. The molecule has 0 spiro atoms. The molecule has 0 amide bonds. The third kappa shape index (κ3) is 2.72. The lowest BCUT2D eigenvalue weighted by Crippen LogP contribution is -1.98. The Hall–Kier alpha value is -1.66. The third-order valence-electron chi connectivity index (χ3n) is 2.08. The molecule has 6 heteroatoms. The van der Waals surface area contributed by atoms with Crippen LogP contribution in [0.1, 0.15) is 14.6 Å². The van der Waals surface area contributed by atoms with Crippen molar-refractivity contribution in [3.8, 4) is 0 Å². The number of hydrogen-bond donors (Lipinski definition) is 2. The van der Waals surface area contributed by atoms with Gasteiger partial charge in [0, 0.05) is 4.88 Å². The minimum absolute atomic E-state index is 0.00614. The molecule has 0 aliphatic carbocycles. The molecule has 2 aromatic rings. The number of hydrogen-bond acceptors (Lipinski definition) is 5. The molecule has 2 N–H and O–H groups in total. The van der Waals surface area contributed by atoms with Gasteiger partial charge in [-0.1, -0.05) is 11.2 Å². The first kappa shape index (κ1) is 11.8. The predicted molar refractivity (Wildman–Crippen MR) is 67.4 cm³/mol. The lowest BCUT2D eigenvalue weighted by atomic mass is 10.2. The average Bonchev–Trinajstić information content (AvgIpc) is 2.90. The molecule has 0 fully saturated rings. The first-order valence-electron chi connectivity index (χ1n) is 4.77. The van der Waals surface area contributed by atoms with Gasteiger partial charge in [0.1, 0.15) is 5.71 Å². The lowest BCUT2D eigenvalue weighted by molar-refractivity contribution is -0.136. The topological polar surface area (TPSA) is 69.9 Å². The second-order valence-electron chi connectivity index (χ2n) is 3.26. The van der Waals surface area contributed by atoms with E-state index in [2.05, 4.69) is 5.16 Å². The lowest BCUT2D eigenvalue weighted by Gasteiger charge is -1.96. The van der Waals surface area contributed by atoms with Crippen LogP contribution in [-0.4, -0.2) is 22.0 Å². The maximum Gasteiger partial charge on any atom is 0.308 e. The second kappa shape index (κ2) is 5.11. The Morgan fingerprint density at radius 3 is 2.71 bits per heavy atom. The quantitative estimate of drug-likeness (QED) is 0.508. The summed E-state index contributed by atoms with van der Waals surface area (Å²) in [5, 5.41) is 22.9. The largest absolute Gasteiger partial charge is 0.481 e. The molecule has 0 saturated carbocycles. The highest BCUT2D eigenvalue weighted by molar-refractivity contribution is 7.17. The predicted octanol–water partition coefficient (Wildman–Crippen LogP) is 2.66. The summed E-state index contributed by atoms with van der Waals surface area (Å²) in [7, 11) is 0. The van der Waals surface area contributed by atoms with E-state index in [1.807, 2.05) is 17.5 Å². The summed E-state index contributed by atoms with van der Waals surface area (Å²) in [4.78, 5) is 12.9. The van der Waals surface area contributed by atoms with Crippen molar-refractivity contribution < 1.29 is 15.1 Å². The Balaban J connectivity index is 2.27. The van der Waals surface area contributed by atoms with Crippen LogP contribution in [0.15, 0.2) is 34.8 Å². The molecule has 0 bridgehead atoms. The van der Waals surface area contributed by atoms with Crippen molar-refractivity contribution in [1.29, 1.82) is 0 Å². The molecule has 4 nitrogen and oxygen atoms in total. The van der Waals surface area contributed by atoms with E-state index in [-0.39, 0.29) is 6.42 Å². The van der Waals surface area contributed by atoms with Gasteiger partial charge in [-0.2, -0.15) is 0 Å². The molecule has 2 aromatic heterocycles. The van der Waals surface area contributed by atoms with Crippen molar-refractivity contribution in [2.24, 2.45) is 5.16 Å². The van der Waals surface area contributed by atoms with Crippen molar-refractivity contribution >= 4 is 34.4 Å². The monoisotopic (exact) mass is 267 g/mol. The first-order valence-corrected chi connectivity index (χ1v) is 6.47. The van der Waals surface area contributed by atoms with E-state index in [1.54, 1.807) is 12.1 Å². The Morgan fingerprint density at radius 1 is 1.29 bits per heavy atom. The molecule has 2 rings (SSSR count). The fraction of sp³-hybridized carbons (Fsp3) is 0.0909. The van der Waals surface area contributed by atoms with Gasteiger partial charge in [-0.25, -0.2) is 0 Å². The van der Waals surface area contributed by atoms with Crippen LogP contribution in [0.3, 0.4) is 0 Å². The standard InChI is InChI=1S/C11H9NO3S2/c13-10(14)6-7-3-4-9(17-7)11(12-15)8-2-1-5-16-8/h1-5,15H,6H2,(H,13,14). The Bertz CT molecular complexity index is 543. The zero-order valence-corrected chi connectivity index (χ0v) is 10.3. The summed E-state index contributed by atoms with van der Waals surface area (Å²) >= 11 is 2.80. The average molecular weight is 267 g/mol. The van der Waals surface area contributed by atoms with Crippen molar-refractivity contribution in [2.75, 3.05) is 0 Å². The smallest absolute Gasteiger partial charge is 0.308 e. The summed E-state index contributed by atoms with van der Waals surface area (Å²) < 4.78 is 0. The highest BCUT2D eigenvalue weighted by Gasteiger charge is 2.12. The van der Waals surface area contributed by atoms with Gasteiger partial charge in [-0.05, 0) is 23.6 Å². The number of carboxylic acid groups (broad SMARTS) is 1. The summed E-state index contributed by atoms with van der Waals surface area (Å²) in [6, 6.07) is 7.25. The van der Waals surface area contributed by atoms with Gasteiger partial charge in [-0.15, -0.1) is 22.7 Å². The van der Waals surface area contributed by atoms with E-state index in [0.29, 0.717) is 5.71 Å². The highest BCUT2D eigenvalue weighted by Crippen LogP contribution is 2.23. The van der Waals surface area contributed by atoms with E-state index >= 15 is 0 Å². The molecule has 88 valence electrons. The molecular formula is C11H9NO3S2. The van der Waals surface area contributed by atoms with Crippen LogP contribution in [0.4, 0.5) is 0 Å². The maximum atomic E-state index is 10.6. The van der Waals surface area contributed by atoms with Crippen molar-refractivity contribution in [3.63, 3.8) is 0 Å². The van der Waals surface area contributed by atoms with Crippen molar-refractivity contribution in [1.82, 2.24) is 0 Å². The van der Waals surface area contributed by atoms with E-state index in [4.69, 9.17) is 10.3 Å².